The minimum atomic E-state index is -0.0706. The van der Waals surface area contributed by atoms with Gasteiger partial charge in [0.15, 0.2) is 0 Å². The Morgan fingerprint density at radius 1 is 1.15 bits per heavy atom. The van der Waals surface area contributed by atoms with Crippen molar-refractivity contribution in [3.8, 4) is 0 Å². The summed E-state index contributed by atoms with van der Waals surface area (Å²) in [6.45, 7) is 2.35. The lowest BCUT2D eigenvalue weighted by atomic mass is 10.1. The lowest BCUT2D eigenvalue weighted by Crippen LogP contribution is -2.21. The standard InChI is InChI=1S/C16H17BrN2O/c1-2-12-6-5-7-13(10-12)18-11-16(20)19-15-9-4-3-8-14(15)17/h3-10,18H,2,11H2,1H3,(H,19,20). The fourth-order valence-electron chi connectivity index (χ4n) is 1.84. The first-order chi connectivity index (χ1) is 9.69. The Labute approximate surface area is 127 Å². The van der Waals surface area contributed by atoms with E-state index in [1.54, 1.807) is 0 Å². The Hall–Kier alpha value is -1.81. The summed E-state index contributed by atoms with van der Waals surface area (Å²) in [7, 11) is 0. The summed E-state index contributed by atoms with van der Waals surface area (Å²) in [6, 6.07) is 15.6. The van der Waals surface area contributed by atoms with Crippen LogP contribution in [0.25, 0.3) is 0 Å². The molecule has 0 aromatic heterocycles. The van der Waals surface area contributed by atoms with Gasteiger partial charge in [-0.2, -0.15) is 0 Å². The highest BCUT2D eigenvalue weighted by Gasteiger charge is 2.04. The summed E-state index contributed by atoms with van der Waals surface area (Å²) in [6.07, 6.45) is 0.985. The van der Waals surface area contributed by atoms with Crippen LogP contribution in [0.3, 0.4) is 0 Å². The van der Waals surface area contributed by atoms with E-state index in [9.17, 15) is 4.79 Å². The highest BCUT2D eigenvalue weighted by molar-refractivity contribution is 9.10. The van der Waals surface area contributed by atoms with Crippen LogP contribution >= 0.6 is 15.9 Å². The van der Waals surface area contributed by atoms with Crippen LogP contribution in [0.2, 0.25) is 0 Å². The van der Waals surface area contributed by atoms with Gasteiger partial charge in [0, 0.05) is 10.2 Å². The summed E-state index contributed by atoms with van der Waals surface area (Å²) in [5, 5.41) is 5.99. The zero-order chi connectivity index (χ0) is 14.4. The topological polar surface area (TPSA) is 41.1 Å². The van der Waals surface area contributed by atoms with Crippen molar-refractivity contribution in [2.24, 2.45) is 0 Å². The van der Waals surface area contributed by atoms with Gasteiger partial charge in [-0.25, -0.2) is 0 Å². The Kier molecular flexibility index (Phi) is 5.18. The first-order valence-electron chi connectivity index (χ1n) is 6.56. The van der Waals surface area contributed by atoms with Crippen LogP contribution < -0.4 is 10.6 Å². The molecule has 0 bridgehead atoms. The third-order valence-corrected chi connectivity index (χ3v) is 3.63. The molecule has 0 saturated carbocycles. The quantitative estimate of drug-likeness (QED) is 0.866. The molecule has 0 fully saturated rings. The van der Waals surface area contributed by atoms with E-state index < -0.39 is 0 Å². The van der Waals surface area contributed by atoms with Crippen LogP contribution in [0.5, 0.6) is 0 Å². The smallest absolute Gasteiger partial charge is 0.243 e. The van der Waals surface area contributed by atoms with Crippen LogP contribution in [0, 0.1) is 0 Å². The predicted octanol–water partition coefficient (Wildman–Crippen LogP) is 4.06. The molecule has 0 saturated heterocycles. The van der Waals surface area contributed by atoms with Crippen molar-refractivity contribution >= 4 is 33.2 Å². The molecule has 1 amide bonds. The molecule has 3 nitrogen and oxygen atoms in total. The van der Waals surface area contributed by atoms with Gasteiger partial charge >= 0.3 is 0 Å². The van der Waals surface area contributed by atoms with Gasteiger partial charge in [-0.15, -0.1) is 0 Å². The molecule has 0 spiro atoms. The number of aryl methyl sites for hydroxylation is 1. The van der Waals surface area contributed by atoms with E-state index in [0.717, 1.165) is 22.3 Å². The first kappa shape index (κ1) is 14.6. The van der Waals surface area contributed by atoms with Crippen LogP contribution in [-0.4, -0.2) is 12.5 Å². The van der Waals surface area contributed by atoms with Crippen molar-refractivity contribution in [1.82, 2.24) is 0 Å². The number of carbonyl (C=O) groups excluding carboxylic acids is 1. The highest BCUT2D eigenvalue weighted by Crippen LogP contribution is 2.21. The zero-order valence-corrected chi connectivity index (χ0v) is 12.9. The van der Waals surface area contributed by atoms with Crippen LogP contribution in [0.1, 0.15) is 12.5 Å². The molecule has 0 heterocycles. The molecule has 2 N–H and O–H groups in total. The van der Waals surface area contributed by atoms with Crippen molar-refractivity contribution in [2.75, 3.05) is 17.2 Å². The summed E-state index contributed by atoms with van der Waals surface area (Å²) in [4.78, 5) is 11.9. The Bertz CT molecular complexity index is 599. The second kappa shape index (κ2) is 7.10. The summed E-state index contributed by atoms with van der Waals surface area (Å²) < 4.78 is 0.876. The summed E-state index contributed by atoms with van der Waals surface area (Å²) in [5.74, 6) is -0.0706. The Morgan fingerprint density at radius 3 is 2.70 bits per heavy atom. The maximum atomic E-state index is 11.9. The Balaban J connectivity index is 1.90. The molecule has 4 heteroatoms. The number of nitrogens with one attached hydrogen (secondary N) is 2. The first-order valence-corrected chi connectivity index (χ1v) is 7.35. The van der Waals surface area contributed by atoms with E-state index in [0.29, 0.717) is 0 Å². The summed E-state index contributed by atoms with van der Waals surface area (Å²) in [5.41, 5.74) is 2.99. The maximum absolute atomic E-state index is 11.9. The molecule has 0 aliphatic rings. The Morgan fingerprint density at radius 2 is 1.95 bits per heavy atom. The number of anilines is 2. The molecule has 2 rings (SSSR count). The minimum Gasteiger partial charge on any atom is -0.376 e. The van der Waals surface area contributed by atoms with Crippen molar-refractivity contribution in [2.45, 2.75) is 13.3 Å². The van der Waals surface area contributed by atoms with Crippen molar-refractivity contribution in [1.29, 1.82) is 0 Å². The number of hydrogen-bond donors (Lipinski definition) is 2. The van der Waals surface area contributed by atoms with Crippen molar-refractivity contribution in [3.63, 3.8) is 0 Å². The maximum Gasteiger partial charge on any atom is 0.243 e. The van der Waals surface area contributed by atoms with Gasteiger partial charge < -0.3 is 10.6 Å². The molecule has 0 aliphatic carbocycles. The molecule has 2 aromatic carbocycles. The van der Waals surface area contributed by atoms with E-state index in [1.165, 1.54) is 5.56 Å². The average molecular weight is 333 g/mol. The van der Waals surface area contributed by atoms with Gasteiger partial charge in [-0.1, -0.05) is 31.2 Å². The van der Waals surface area contributed by atoms with Gasteiger partial charge in [0.2, 0.25) is 5.91 Å². The number of halogens is 1. The fourth-order valence-corrected chi connectivity index (χ4v) is 2.22. The number of rotatable bonds is 5. The van der Waals surface area contributed by atoms with E-state index >= 15 is 0 Å². The monoisotopic (exact) mass is 332 g/mol. The fraction of sp³-hybridized carbons (Fsp3) is 0.188. The molecular formula is C16H17BrN2O. The lowest BCUT2D eigenvalue weighted by molar-refractivity contribution is -0.114. The molecule has 0 aliphatic heterocycles. The van der Waals surface area contributed by atoms with Crippen LogP contribution in [0.4, 0.5) is 11.4 Å². The normalized spacial score (nSPS) is 10.1. The number of carbonyl (C=O) groups is 1. The second-order valence-corrected chi connectivity index (χ2v) is 5.29. The van der Waals surface area contributed by atoms with E-state index in [1.807, 2.05) is 36.4 Å². The molecule has 20 heavy (non-hydrogen) atoms. The number of para-hydroxylation sites is 1. The van der Waals surface area contributed by atoms with Crippen molar-refractivity contribution < 1.29 is 4.79 Å². The third kappa shape index (κ3) is 4.10. The van der Waals surface area contributed by atoms with Gasteiger partial charge in [-0.05, 0) is 52.2 Å². The van der Waals surface area contributed by atoms with Crippen LogP contribution in [0.15, 0.2) is 53.0 Å². The summed E-state index contributed by atoms with van der Waals surface area (Å²) >= 11 is 3.40. The molecular weight excluding hydrogens is 316 g/mol. The SMILES string of the molecule is CCc1cccc(NCC(=O)Nc2ccccc2Br)c1. The second-order valence-electron chi connectivity index (χ2n) is 4.44. The largest absolute Gasteiger partial charge is 0.376 e. The number of hydrogen-bond acceptors (Lipinski definition) is 2. The molecule has 0 unspecified atom stereocenters. The minimum absolute atomic E-state index is 0.0706. The van der Waals surface area contributed by atoms with E-state index in [2.05, 4.69) is 45.6 Å². The van der Waals surface area contributed by atoms with Gasteiger partial charge in [0.05, 0.1) is 12.2 Å². The number of benzene rings is 2. The molecule has 2 aromatic rings. The highest BCUT2D eigenvalue weighted by atomic mass is 79.9. The lowest BCUT2D eigenvalue weighted by Gasteiger charge is -2.09. The van der Waals surface area contributed by atoms with Crippen molar-refractivity contribution in [3.05, 3.63) is 58.6 Å². The number of amides is 1. The van der Waals surface area contributed by atoms with Crippen LogP contribution in [-0.2, 0) is 11.2 Å². The zero-order valence-electron chi connectivity index (χ0n) is 11.3. The van der Waals surface area contributed by atoms with E-state index in [4.69, 9.17) is 0 Å². The third-order valence-electron chi connectivity index (χ3n) is 2.94. The van der Waals surface area contributed by atoms with Gasteiger partial charge in [0.25, 0.3) is 0 Å². The average Bonchev–Trinajstić information content (AvgIpc) is 2.48. The molecule has 0 atom stereocenters. The van der Waals surface area contributed by atoms with Gasteiger partial charge in [0.1, 0.15) is 0 Å². The molecule has 0 radical (unpaired) electrons. The molecule has 104 valence electrons. The van der Waals surface area contributed by atoms with E-state index in [-0.39, 0.29) is 12.5 Å². The van der Waals surface area contributed by atoms with Gasteiger partial charge in [-0.3, -0.25) is 4.79 Å². The predicted molar refractivity (Wildman–Crippen MR) is 87.1 cm³/mol.